The minimum absolute atomic E-state index is 0.0897. The fourth-order valence-electron chi connectivity index (χ4n) is 4.70. The monoisotopic (exact) mass is 538 g/mol. The molecule has 2 amide bonds. The summed E-state index contributed by atoms with van der Waals surface area (Å²) in [5, 5.41) is 20.2. The van der Waals surface area contributed by atoms with Crippen LogP contribution in [0.5, 0.6) is 5.75 Å². The number of anilines is 2. The number of ether oxygens (including phenoxy) is 2. The summed E-state index contributed by atoms with van der Waals surface area (Å²) >= 11 is 0. The molecule has 5 rings (SSSR count). The first kappa shape index (κ1) is 26.6. The summed E-state index contributed by atoms with van der Waals surface area (Å²) in [5.74, 6) is 1.66. The lowest BCUT2D eigenvalue weighted by Crippen LogP contribution is -2.30. The summed E-state index contributed by atoms with van der Waals surface area (Å²) in [6, 6.07) is 11.8. The number of para-hydroxylation sites is 1. The first-order valence-electron chi connectivity index (χ1n) is 13.2. The van der Waals surface area contributed by atoms with E-state index in [2.05, 4.69) is 21.8 Å². The van der Waals surface area contributed by atoms with Crippen LogP contribution in [-0.4, -0.2) is 46.2 Å². The van der Waals surface area contributed by atoms with Crippen LogP contribution >= 0.6 is 0 Å². The molecular weight excluding hydrogens is 508 g/mol. The number of carbonyl (C=O) groups excluding carboxylic acids is 2. The maximum absolute atomic E-state index is 12.5. The number of fused-ring (bicyclic) bond motifs is 1. The molecule has 1 saturated heterocycles. The number of benzene rings is 1. The van der Waals surface area contributed by atoms with Crippen LogP contribution in [0.4, 0.5) is 16.2 Å². The van der Waals surface area contributed by atoms with Gasteiger partial charge in [-0.05, 0) is 43.7 Å². The number of likely N-dealkylation sites (tertiary alicyclic amines) is 1. The Bertz CT molecular complexity index is 1550. The standard InChI is InChI=1S/C30H30N6O4/c1-21-26(34-30(38)39-18-17-35-16-6-11-27(35)37)20-36-29(21)28(22(14-15-31)19-32-36)33-23-7-5-10-25(13-12-23)40-24-8-3-2-4-9-24/h2-5,7-9,12-13,19-20,33H,6,10-11,14,16-18H2,1H3,(H,34,38). The van der Waals surface area contributed by atoms with Crippen molar-refractivity contribution in [2.75, 3.05) is 30.3 Å². The molecule has 1 aliphatic carbocycles. The van der Waals surface area contributed by atoms with E-state index in [1.807, 2.05) is 61.6 Å². The van der Waals surface area contributed by atoms with Crippen LogP contribution in [0.15, 0.2) is 78.5 Å². The van der Waals surface area contributed by atoms with Crippen molar-refractivity contribution in [3.63, 3.8) is 0 Å². The number of hydrogen-bond donors (Lipinski definition) is 2. The quantitative estimate of drug-likeness (QED) is 0.389. The molecule has 2 aromatic heterocycles. The van der Waals surface area contributed by atoms with Crippen LogP contribution in [0.1, 0.15) is 30.4 Å². The number of nitriles is 1. The van der Waals surface area contributed by atoms with Gasteiger partial charge in [0.1, 0.15) is 18.1 Å². The number of carbonyl (C=O) groups is 2. The van der Waals surface area contributed by atoms with E-state index in [1.165, 1.54) is 0 Å². The van der Waals surface area contributed by atoms with Crippen LogP contribution in [0.25, 0.3) is 5.52 Å². The lowest BCUT2D eigenvalue weighted by Gasteiger charge is -2.15. The van der Waals surface area contributed by atoms with Crippen molar-refractivity contribution in [1.82, 2.24) is 14.5 Å². The van der Waals surface area contributed by atoms with E-state index in [9.17, 15) is 14.9 Å². The van der Waals surface area contributed by atoms with Gasteiger partial charge in [-0.15, -0.1) is 0 Å². The summed E-state index contributed by atoms with van der Waals surface area (Å²) in [6.45, 7) is 3.07. The van der Waals surface area contributed by atoms with E-state index >= 15 is 0 Å². The second-order valence-electron chi connectivity index (χ2n) is 9.49. The Morgan fingerprint density at radius 1 is 1.23 bits per heavy atom. The first-order chi connectivity index (χ1) is 19.5. The number of allylic oxidation sites excluding steroid dienone is 4. The summed E-state index contributed by atoms with van der Waals surface area (Å²) in [7, 11) is 0. The van der Waals surface area contributed by atoms with E-state index in [-0.39, 0.29) is 18.9 Å². The molecule has 2 aliphatic rings. The number of aryl methyl sites for hydroxylation is 1. The maximum atomic E-state index is 12.5. The molecule has 204 valence electrons. The Morgan fingerprint density at radius 3 is 2.85 bits per heavy atom. The molecule has 40 heavy (non-hydrogen) atoms. The largest absolute Gasteiger partial charge is 0.461 e. The molecule has 10 nitrogen and oxygen atoms in total. The van der Waals surface area contributed by atoms with Crippen molar-refractivity contribution in [1.29, 1.82) is 5.26 Å². The van der Waals surface area contributed by atoms with Crippen molar-refractivity contribution in [2.45, 2.75) is 32.6 Å². The van der Waals surface area contributed by atoms with Crippen LogP contribution in [0.2, 0.25) is 0 Å². The molecule has 2 N–H and O–H groups in total. The highest BCUT2D eigenvalue weighted by molar-refractivity contribution is 5.91. The number of hydrogen-bond acceptors (Lipinski definition) is 7. The third-order valence-corrected chi connectivity index (χ3v) is 6.73. The van der Waals surface area contributed by atoms with Crippen LogP contribution in [0, 0.1) is 18.3 Å². The SMILES string of the molecule is Cc1c(NC(=O)OCCN2CCCC2=O)cn2ncc(CC#N)c(NC3=CC=C(Oc4ccccc4)CC=C3)c12. The predicted molar refractivity (Wildman–Crippen MR) is 151 cm³/mol. The molecule has 0 saturated carbocycles. The van der Waals surface area contributed by atoms with Crippen LogP contribution in [0.3, 0.4) is 0 Å². The maximum Gasteiger partial charge on any atom is 0.411 e. The molecule has 0 radical (unpaired) electrons. The van der Waals surface area contributed by atoms with Crippen LogP contribution in [-0.2, 0) is 16.0 Å². The molecule has 3 heterocycles. The minimum Gasteiger partial charge on any atom is -0.461 e. The highest BCUT2D eigenvalue weighted by Gasteiger charge is 2.21. The topological polar surface area (TPSA) is 121 Å². The summed E-state index contributed by atoms with van der Waals surface area (Å²) < 4.78 is 13.0. The molecule has 3 aromatic rings. The van der Waals surface area contributed by atoms with Gasteiger partial charge in [-0.3, -0.25) is 10.1 Å². The molecule has 1 aromatic carbocycles. The van der Waals surface area contributed by atoms with Gasteiger partial charge < -0.3 is 19.7 Å². The van der Waals surface area contributed by atoms with Gasteiger partial charge in [-0.2, -0.15) is 10.4 Å². The van der Waals surface area contributed by atoms with Crippen molar-refractivity contribution >= 4 is 28.9 Å². The Morgan fingerprint density at radius 2 is 2.08 bits per heavy atom. The zero-order chi connectivity index (χ0) is 27.9. The van der Waals surface area contributed by atoms with E-state index < -0.39 is 6.09 Å². The fourth-order valence-corrected chi connectivity index (χ4v) is 4.70. The second kappa shape index (κ2) is 12.2. The summed E-state index contributed by atoms with van der Waals surface area (Å²) in [6.07, 6.45) is 12.7. The van der Waals surface area contributed by atoms with Gasteiger partial charge in [-0.1, -0.05) is 24.3 Å². The Balaban J connectivity index is 1.34. The predicted octanol–water partition coefficient (Wildman–Crippen LogP) is 5.10. The lowest BCUT2D eigenvalue weighted by atomic mass is 10.1. The first-order valence-corrected chi connectivity index (χ1v) is 13.2. The van der Waals surface area contributed by atoms with Crippen LogP contribution < -0.4 is 15.4 Å². The van der Waals surface area contributed by atoms with Gasteiger partial charge in [-0.25, -0.2) is 9.31 Å². The van der Waals surface area contributed by atoms with Gasteiger partial charge >= 0.3 is 6.09 Å². The molecule has 0 spiro atoms. The molecule has 1 aliphatic heterocycles. The van der Waals surface area contributed by atoms with Gasteiger partial charge in [0.2, 0.25) is 5.91 Å². The molecule has 10 heteroatoms. The zero-order valence-corrected chi connectivity index (χ0v) is 22.2. The number of amides is 2. The van der Waals surface area contributed by atoms with E-state index in [1.54, 1.807) is 21.8 Å². The molecule has 0 bridgehead atoms. The molecular formula is C30H30N6O4. The lowest BCUT2D eigenvalue weighted by molar-refractivity contribution is -0.128. The smallest absolute Gasteiger partial charge is 0.411 e. The van der Waals surface area contributed by atoms with Crippen molar-refractivity contribution < 1.29 is 19.1 Å². The molecule has 0 atom stereocenters. The molecule has 1 fully saturated rings. The molecule has 0 unspecified atom stereocenters. The normalized spacial score (nSPS) is 14.8. The van der Waals surface area contributed by atoms with Gasteiger partial charge in [0, 0.05) is 36.2 Å². The number of aromatic nitrogens is 2. The Kier molecular flexibility index (Phi) is 8.11. The van der Waals surface area contributed by atoms with Crippen molar-refractivity contribution in [3.05, 3.63) is 89.6 Å². The highest BCUT2D eigenvalue weighted by Crippen LogP contribution is 2.32. The second-order valence-corrected chi connectivity index (χ2v) is 9.49. The van der Waals surface area contributed by atoms with E-state index in [0.29, 0.717) is 31.6 Å². The Labute approximate surface area is 232 Å². The average Bonchev–Trinajstić information content (AvgIpc) is 3.41. The van der Waals surface area contributed by atoms with E-state index in [0.717, 1.165) is 46.0 Å². The van der Waals surface area contributed by atoms with Crippen molar-refractivity contribution in [3.8, 4) is 11.8 Å². The average molecular weight is 539 g/mol. The van der Waals surface area contributed by atoms with Crippen molar-refractivity contribution in [2.24, 2.45) is 0 Å². The van der Waals surface area contributed by atoms with Gasteiger partial charge in [0.15, 0.2) is 0 Å². The number of nitrogens with zero attached hydrogens (tertiary/aromatic N) is 4. The van der Waals surface area contributed by atoms with E-state index in [4.69, 9.17) is 9.47 Å². The zero-order valence-electron chi connectivity index (χ0n) is 22.2. The fraction of sp³-hybridized carbons (Fsp3) is 0.267. The van der Waals surface area contributed by atoms with Gasteiger partial charge in [0.05, 0.1) is 48.3 Å². The number of rotatable bonds is 9. The Hall–Kier alpha value is -5.04. The highest BCUT2D eigenvalue weighted by atomic mass is 16.5. The summed E-state index contributed by atoms with van der Waals surface area (Å²) in [5.41, 5.74) is 4.29. The third kappa shape index (κ3) is 6.15. The minimum atomic E-state index is -0.608. The number of nitrogens with one attached hydrogen (secondary N) is 2. The van der Waals surface area contributed by atoms with Gasteiger partial charge in [0.25, 0.3) is 0 Å². The summed E-state index contributed by atoms with van der Waals surface area (Å²) in [4.78, 5) is 26.0. The third-order valence-electron chi connectivity index (χ3n) is 6.73.